The molecular formula is C26H32FN9O10P2S2. The van der Waals surface area contributed by atoms with Crippen LogP contribution in [0, 0.1) is 0 Å². The number of aromatic nitrogens is 7. The number of fused-ring (bicyclic) bond motifs is 4. The van der Waals surface area contributed by atoms with Crippen molar-refractivity contribution in [2.24, 2.45) is 5.73 Å². The number of anilines is 1. The van der Waals surface area contributed by atoms with Gasteiger partial charge in [0, 0.05) is 25.8 Å². The highest BCUT2D eigenvalue weighted by Crippen LogP contribution is 2.58. The van der Waals surface area contributed by atoms with E-state index in [1.165, 1.54) is 28.1 Å². The largest absolute Gasteiger partial charge is 0.386 e. The number of hydrogen-bond acceptors (Lipinski definition) is 16. The second-order valence-corrected chi connectivity index (χ2v) is 17.8. The van der Waals surface area contributed by atoms with E-state index in [4.69, 9.17) is 45.1 Å². The van der Waals surface area contributed by atoms with Crippen molar-refractivity contribution >= 4 is 65.6 Å². The third-order valence-corrected chi connectivity index (χ3v) is 12.1. The van der Waals surface area contributed by atoms with Gasteiger partial charge in [0.25, 0.3) is 5.56 Å². The minimum absolute atomic E-state index is 0.0318. The average molecular weight is 776 g/mol. The molecule has 4 aromatic heterocycles. The molecule has 5 N–H and O–H groups in total. The van der Waals surface area contributed by atoms with Crippen LogP contribution in [-0.4, -0.2) is 107 Å². The maximum absolute atomic E-state index is 16.1. The monoisotopic (exact) mass is 775 g/mol. The highest BCUT2D eigenvalue weighted by molar-refractivity contribution is 8.44. The minimum Gasteiger partial charge on any atom is -0.386 e. The molecule has 4 aliphatic heterocycles. The number of nitrogens with one attached hydrogen (secondary N) is 1. The average Bonchev–Trinajstić information content (AvgIpc) is 3.78. The van der Waals surface area contributed by atoms with Crippen LogP contribution in [0.2, 0.25) is 0 Å². The first kappa shape index (κ1) is 34.6. The first-order valence-electron chi connectivity index (χ1n) is 15.6. The molecule has 4 aromatic rings. The van der Waals surface area contributed by atoms with Crippen LogP contribution in [0.5, 0.6) is 0 Å². The van der Waals surface area contributed by atoms with Crippen molar-refractivity contribution in [3.63, 3.8) is 0 Å². The molecule has 3 saturated heterocycles. The maximum Gasteiger partial charge on any atom is 0.386 e. The van der Waals surface area contributed by atoms with Crippen LogP contribution in [-0.2, 0) is 56.9 Å². The Bertz CT molecular complexity index is 2110. The molecule has 4 aliphatic rings. The van der Waals surface area contributed by atoms with Crippen molar-refractivity contribution in [3.05, 3.63) is 41.1 Å². The molecule has 0 radical (unpaired) electrons. The van der Waals surface area contributed by atoms with Gasteiger partial charge in [-0.25, -0.2) is 28.9 Å². The number of nitrogens with two attached hydrogens (primary N) is 1. The topological polar surface area (TPSA) is 234 Å². The lowest BCUT2D eigenvalue weighted by Gasteiger charge is -2.27. The van der Waals surface area contributed by atoms with E-state index in [1.54, 1.807) is 10.8 Å². The number of rotatable bonds is 4. The normalized spacial score (nSPS) is 36.3. The van der Waals surface area contributed by atoms with Crippen LogP contribution >= 0.6 is 25.8 Å². The number of aliphatic hydroxyl groups is 1. The molecule has 2 unspecified atom stereocenters. The molecule has 2 bridgehead atoms. The summed E-state index contributed by atoms with van der Waals surface area (Å²) in [6.45, 7) is -8.74. The molecule has 50 heavy (non-hydrogen) atoms. The van der Waals surface area contributed by atoms with Gasteiger partial charge in [-0.05, 0) is 30.2 Å². The third-order valence-electron chi connectivity index (χ3n) is 8.96. The minimum atomic E-state index is -4.43. The van der Waals surface area contributed by atoms with Crippen LogP contribution in [0.1, 0.15) is 24.4 Å². The SMILES string of the molecule is NCCn1cnc2c(ncn2[C@@H]2O[C@@H]3COP(O)(=S)O[C@H]4[C@@H](O)[C@H](n5cc6c7c(ncnc75)NCCC6)O[C@@H]4COP(=O)(S)O[C@@H]2[C@@H]3F)c1=O. The Hall–Kier alpha value is -2.43. The summed E-state index contributed by atoms with van der Waals surface area (Å²) in [5.74, 6) is 0.646. The Labute approximate surface area is 292 Å². The lowest BCUT2D eigenvalue weighted by Crippen LogP contribution is -2.36. The van der Waals surface area contributed by atoms with Gasteiger partial charge in [0.15, 0.2) is 29.8 Å². The molecule has 8 heterocycles. The van der Waals surface area contributed by atoms with Gasteiger partial charge in [0.05, 0.1) is 24.9 Å². The van der Waals surface area contributed by atoms with Crippen molar-refractivity contribution in [2.75, 3.05) is 31.6 Å². The molecule has 10 atom stereocenters. The van der Waals surface area contributed by atoms with E-state index >= 15 is 4.39 Å². The quantitative estimate of drug-likeness (QED) is 0.143. The number of halogens is 1. The summed E-state index contributed by atoms with van der Waals surface area (Å²) >= 11 is 9.39. The van der Waals surface area contributed by atoms with Gasteiger partial charge in [-0.15, -0.1) is 0 Å². The Morgan fingerprint density at radius 1 is 1.06 bits per heavy atom. The van der Waals surface area contributed by atoms with Crippen molar-refractivity contribution in [1.29, 1.82) is 0 Å². The lowest BCUT2D eigenvalue weighted by atomic mass is 10.1. The van der Waals surface area contributed by atoms with Gasteiger partial charge in [0.2, 0.25) is 0 Å². The van der Waals surface area contributed by atoms with Gasteiger partial charge in [-0.1, -0.05) is 12.2 Å². The third kappa shape index (κ3) is 6.13. The molecule has 270 valence electrons. The molecule has 0 saturated carbocycles. The number of thiol groups is 1. The number of hydrogen-bond donors (Lipinski definition) is 5. The smallest absolute Gasteiger partial charge is 0.386 e. The van der Waals surface area contributed by atoms with E-state index in [9.17, 15) is 19.4 Å². The van der Waals surface area contributed by atoms with E-state index < -0.39 is 81.4 Å². The summed E-state index contributed by atoms with van der Waals surface area (Å²) in [5, 5.41) is 15.6. The molecule has 19 nitrogen and oxygen atoms in total. The lowest BCUT2D eigenvalue weighted by molar-refractivity contribution is -0.0583. The molecule has 0 spiro atoms. The number of aryl methyl sites for hydroxylation is 1. The number of imidazole rings is 1. The van der Waals surface area contributed by atoms with Gasteiger partial charge in [-0.3, -0.25) is 27.5 Å². The Morgan fingerprint density at radius 3 is 2.68 bits per heavy atom. The number of ether oxygens (including phenoxy) is 2. The van der Waals surface area contributed by atoms with Crippen LogP contribution in [0.15, 0.2) is 30.0 Å². The highest BCUT2D eigenvalue weighted by atomic mass is 32.7. The Morgan fingerprint density at radius 2 is 1.86 bits per heavy atom. The molecule has 0 aromatic carbocycles. The highest BCUT2D eigenvalue weighted by Gasteiger charge is 2.53. The molecule has 3 fully saturated rings. The van der Waals surface area contributed by atoms with Crippen molar-refractivity contribution in [3.8, 4) is 0 Å². The first-order chi connectivity index (χ1) is 23.9. The number of aliphatic hydroxyl groups excluding tert-OH is 1. The maximum atomic E-state index is 16.1. The van der Waals surface area contributed by atoms with Gasteiger partial charge >= 0.3 is 13.5 Å². The van der Waals surface area contributed by atoms with Crippen LogP contribution in [0.3, 0.4) is 0 Å². The van der Waals surface area contributed by atoms with E-state index in [0.717, 1.165) is 30.3 Å². The van der Waals surface area contributed by atoms with Gasteiger partial charge in [0.1, 0.15) is 54.6 Å². The van der Waals surface area contributed by atoms with Gasteiger partial charge < -0.3 is 39.6 Å². The first-order valence-corrected chi connectivity index (χ1v) is 20.9. The zero-order valence-corrected chi connectivity index (χ0v) is 29.4. The van der Waals surface area contributed by atoms with Crippen LogP contribution in [0.25, 0.3) is 22.2 Å². The predicted molar refractivity (Wildman–Crippen MR) is 179 cm³/mol. The fourth-order valence-electron chi connectivity index (χ4n) is 6.68. The summed E-state index contributed by atoms with van der Waals surface area (Å²) in [5.41, 5.74) is 6.50. The Balaban J connectivity index is 1.10. The molecule has 0 aliphatic carbocycles. The number of alkyl halides is 1. The van der Waals surface area contributed by atoms with E-state index in [1.807, 2.05) is 0 Å². The van der Waals surface area contributed by atoms with Crippen molar-refractivity contribution < 1.29 is 46.5 Å². The molecular weight excluding hydrogens is 743 g/mol. The summed E-state index contributed by atoms with van der Waals surface area (Å²) in [6.07, 6.45) is -4.46. The zero-order valence-electron chi connectivity index (χ0n) is 25.9. The molecule has 24 heteroatoms. The second kappa shape index (κ2) is 13.2. The fourth-order valence-corrected chi connectivity index (χ4v) is 9.57. The molecule has 0 amide bonds. The summed E-state index contributed by atoms with van der Waals surface area (Å²) in [6, 6.07) is 0. The fraction of sp³-hybridized carbons (Fsp3) is 0.577. The van der Waals surface area contributed by atoms with Crippen LogP contribution in [0.4, 0.5) is 10.2 Å². The standard InChI is InChI=1S/C26H32FN9O10P2S2/c27-16-13-7-41-47(39,49)45-19-14(44-25(18(19)37)35-6-12-2-1-4-29-21-15(12)22(35)31-9-30-21)8-42-48(40,50)46-20(16)26(43-13)36-11-32-17-23(36)33-10-34(5-3-28)24(17)38/h6,9-11,13-14,16,18-20,25-26,37H,1-5,7-8,28H2,(H,39,49)(H,40,50)(H,29,30,31)/t13-,14-,16-,18-,19-,20-,25-,26-,47?,48?/m1/s1. The van der Waals surface area contributed by atoms with Crippen molar-refractivity contribution in [2.45, 2.75) is 68.5 Å². The van der Waals surface area contributed by atoms with Gasteiger partial charge in [-0.2, -0.15) is 0 Å². The Kier molecular flexibility index (Phi) is 9.15. The van der Waals surface area contributed by atoms with E-state index in [-0.39, 0.29) is 24.3 Å². The molecule has 8 rings (SSSR count). The van der Waals surface area contributed by atoms with Crippen LogP contribution < -0.4 is 16.6 Å². The van der Waals surface area contributed by atoms with E-state index in [2.05, 4.69) is 37.5 Å². The summed E-state index contributed by atoms with van der Waals surface area (Å²) in [4.78, 5) is 41.3. The van der Waals surface area contributed by atoms with E-state index in [0.29, 0.717) is 11.5 Å². The summed E-state index contributed by atoms with van der Waals surface area (Å²) in [7, 11) is 0. The number of nitrogens with zero attached hydrogens (tertiary/aromatic N) is 7. The zero-order chi connectivity index (χ0) is 34.9. The van der Waals surface area contributed by atoms with Crippen molar-refractivity contribution in [1.82, 2.24) is 33.6 Å². The second-order valence-electron chi connectivity index (χ2n) is 12.1. The summed E-state index contributed by atoms with van der Waals surface area (Å²) < 4.78 is 68.6. The predicted octanol–water partition coefficient (Wildman–Crippen LogP) is 0.920.